The van der Waals surface area contributed by atoms with Gasteiger partial charge in [0.2, 0.25) is 0 Å². The normalized spacial score (nSPS) is 26.1. The molecule has 1 aromatic heterocycles. The summed E-state index contributed by atoms with van der Waals surface area (Å²) in [5.74, 6) is 2.84. The van der Waals surface area contributed by atoms with E-state index in [9.17, 15) is 0 Å². The lowest BCUT2D eigenvalue weighted by Gasteiger charge is -2.22. The van der Waals surface area contributed by atoms with Crippen molar-refractivity contribution in [2.24, 2.45) is 16.8 Å². The van der Waals surface area contributed by atoms with E-state index in [4.69, 9.17) is 0 Å². The number of aliphatic imine (C=N–C) groups is 1. The average Bonchev–Trinajstić information content (AvgIpc) is 3.08. The Morgan fingerprint density at radius 3 is 2.65 bits per heavy atom. The van der Waals surface area contributed by atoms with Gasteiger partial charge in [-0.3, -0.25) is 4.99 Å². The average molecular weight is 406 g/mol. The number of fused-ring (bicyclic) bond motifs is 1. The second-order valence-corrected chi connectivity index (χ2v) is 6.52. The highest BCUT2D eigenvalue weighted by Gasteiger charge is 2.35. The maximum absolute atomic E-state index is 4.44. The van der Waals surface area contributed by atoms with E-state index in [0.717, 1.165) is 29.3 Å². The molecule has 1 aliphatic heterocycles. The van der Waals surface area contributed by atoms with Crippen LogP contribution in [0.25, 0.3) is 0 Å². The van der Waals surface area contributed by atoms with Gasteiger partial charge < -0.3 is 10.2 Å². The second kappa shape index (κ2) is 7.59. The van der Waals surface area contributed by atoms with Crippen molar-refractivity contribution in [3.63, 3.8) is 0 Å². The molecule has 1 N–H and O–H groups in total. The summed E-state index contributed by atoms with van der Waals surface area (Å²) < 4.78 is 0. The zero-order chi connectivity index (χ0) is 13.1. The smallest absolute Gasteiger partial charge is 0.194 e. The lowest BCUT2D eigenvalue weighted by atomic mass is 9.82. The monoisotopic (exact) mass is 406 g/mol. The van der Waals surface area contributed by atoms with Crippen molar-refractivity contribution in [3.8, 4) is 0 Å². The van der Waals surface area contributed by atoms with Crippen molar-refractivity contribution in [1.29, 1.82) is 0 Å². The Bertz CT molecular complexity index is 420. The van der Waals surface area contributed by atoms with Crippen LogP contribution in [0.2, 0.25) is 0 Å². The van der Waals surface area contributed by atoms with Gasteiger partial charge in [-0.15, -0.1) is 35.3 Å². The van der Waals surface area contributed by atoms with Gasteiger partial charge in [0.25, 0.3) is 0 Å². The van der Waals surface area contributed by atoms with Gasteiger partial charge in [-0.25, -0.2) is 4.98 Å². The Balaban J connectivity index is 0.00000147. The molecule has 2 atom stereocenters. The molecule has 2 unspecified atom stereocenters. The van der Waals surface area contributed by atoms with Crippen molar-refractivity contribution in [1.82, 2.24) is 15.2 Å². The van der Waals surface area contributed by atoms with Crippen molar-refractivity contribution in [3.05, 3.63) is 16.6 Å². The maximum atomic E-state index is 4.44. The summed E-state index contributed by atoms with van der Waals surface area (Å²) >= 11 is 1.69. The SMILES string of the molecule is CN=C(NCc1nccs1)N1CC2CCCCC2C1.I. The molecule has 1 aliphatic carbocycles. The summed E-state index contributed by atoms with van der Waals surface area (Å²) in [6, 6.07) is 0. The summed E-state index contributed by atoms with van der Waals surface area (Å²) in [4.78, 5) is 11.2. The van der Waals surface area contributed by atoms with Crippen molar-refractivity contribution in [2.45, 2.75) is 32.2 Å². The lowest BCUT2D eigenvalue weighted by molar-refractivity contribution is 0.299. The molecule has 0 radical (unpaired) electrons. The Morgan fingerprint density at radius 2 is 2.10 bits per heavy atom. The highest BCUT2D eigenvalue weighted by atomic mass is 127. The lowest BCUT2D eigenvalue weighted by Crippen LogP contribution is -2.39. The zero-order valence-electron chi connectivity index (χ0n) is 11.9. The van der Waals surface area contributed by atoms with Crippen LogP contribution in [-0.4, -0.2) is 36.0 Å². The molecular weight excluding hydrogens is 383 g/mol. The quantitative estimate of drug-likeness (QED) is 0.467. The molecule has 2 aliphatic rings. The largest absolute Gasteiger partial charge is 0.350 e. The fraction of sp³-hybridized carbons (Fsp3) is 0.714. The Morgan fingerprint density at radius 1 is 1.40 bits per heavy atom. The van der Waals surface area contributed by atoms with Crippen LogP contribution in [0.4, 0.5) is 0 Å². The van der Waals surface area contributed by atoms with Crippen LogP contribution in [0, 0.1) is 11.8 Å². The van der Waals surface area contributed by atoms with E-state index in [0.29, 0.717) is 0 Å². The minimum Gasteiger partial charge on any atom is -0.350 e. The minimum atomic E-state index is 0. The van der Waals surface area contributed by atoms with Crippen LogP contribution < -0.4 is 5.32 Å². The fourth-order valence-electron chi connectivity index (χ4n) is 3.41. The van der Waals surface area contributed by atoms with Gasteiger partial charge in [-0.2, -0.15) is 0 Å². The van der Waals surface area contributed by atoms with Crippen LogP contribution >= 0.6 is 35.3 Å². The van der Waals surface area contributed by atoms with E-state index in [1.54, 1.807) is 11.3 Å². The molecule has 4 nitrogen and oxygen atoms in total. The van der Waals surface area contributed by atoms with E-state index in [2.05, 4.69) is 20.2 Å². The molecule has 2 heterocycles. The van der Waals surface area contributed by atoms with Gasteiger partial charge in [0.05, 0.1) is 6.54 Å². The Kier molecular flexibility index (Phi) is 6.07. The first-order chi connectivity index (χ1) is 9.36. The van der Waals surface area contributed by atoms with Crippen LogP contribution in [0.3, 0.4) is 0 Å². The molecule has 6 heteroatoms. The third kappa shape index (κ3) is 3.63. The number of guanidine groups is 1. The number of thiazole rings is 1. The molecule has 112 valence electrons. The van der Waals surface area contributed by atoms with Gasteiger partial charge in [-0.05, 0) is 24.7 Å². The third-order valence-electron chi connectivity index (χ3n) is 4.37. The number of nitrogens with one attached hydrogen (secondary N) is 1. The number of aromatic nitrogens is 1. The molecule has 0 bridgehead atoms. The molecule has 2 fully saturated rings. The molecule has 0 aromatic carbocycles. The molecule has 1 saturated heterocycles. The van der Waals surface area contributed by atoms with E-state index < -0.39 is 0 Å². The summed E-state index contributed by atoms with van der Waals surface area (Å²) in [6.07, 6.45) is 7.50. The number of nitrogens with zero attached hydrogens (tertiary/aromatic N) is 3. The van der Waals surface area contributed by atoms with Gasteiger partial charge >= 0.3 is 0 Å². The van der Waals surface area contributed by atoms with Gasteiger partial charge in [0.15, 0.2) is 5.96 Å². The zero-order valence-corrected chi connectivity index (χ0v) is 15.1. The molecule has 1 aromatic rings. The number of halogens is 1. The predicted molar refractivity (Wildman–Crippen MR) is 94.7 cm³/mol. The first kappa shape index (κ1) is 16.0. The van der Waals surface area contributed by atoms with Gasteiger partial charge in [0, 0.05) is 31.7 Å². The molecule has 20 heavy (non-hydrogen) atoms. The number of likely N-dealkylation sites (tertiary alicyclic amines) is 1. The van der Waals surface area contributed by atoms with E-state index in [-0.39, 0.29) is 24.0 Å². The van der Waals surface area contributed by atoms with Gasteiger partial charge in [0.1, 0.15) is 5.01 Å². The first-order valence-electron chi connectivity index (χ1n) is 7.21. The predicted octanol–water partition coefficient (Wildman–Crippen LogP) is 2.96. The van der Waals surface area contributed by atoms with Crippen molar-refractivity contribution in [2.75, 3.05) is 20.1 Å². The molecule has 0 amide bonds. The highest BCUT2D eigenvalue weighted by molar-refractivity contribution is 14.0. The summed E-state index contributed by atoms with van der Waals surface area (Å²) in [7, 11) is 1.88. The van der Waals surface area contributed by atoms with Crippen LogP contribution in [-0.2, 0) is 6.54 Å². The van der Waals surface area contributed by atoms with E-state index in [1.165, 1.54) is 38.8 Å². The third-order valence-corrected chi connectivity index (χ3v) is 5.15. The summed E-state index contributed by atoms with van der Waals surface area (Å²) in [5, 5.41) is 6.59. The summed E-state index contributed by atoms with van der Waals surface area (Å²) in [5.41, 5.74) is 0. The maximum Gasteiger partial charge on any atom is 0.194 e. The van der Waals surface area contributed by atoms with Crippen LogP contribution in [0.15, 0.2) is 16.6 Å². The number of rotatable bonds is 2. The number of hydrogen-bond donors (Lipinski definition) is 1. The molecule has 3 rings (SSSR count). The second-order valence-electron chi connectivity index (χ2n) is 5.54. The van der Waals surface area contributed by atoms with Gasteiger partial charge in [-0.1, -0.05) is 12.8 Å². The standard InChI is InChI=1S/C14H22N4S.HI/c1-15-14(17-8-13-16-6-7-19-13)18-9-11-4-2-3-5-12(11)10-18;/h6-7,11-12H,2-5,8-10H2,1H3,(H,15,17);1H. The highest BCUT2D eigenvalue weighted by Crippen LogP contribution is 2.35. The molecule has 1 saturated carbocycles. The molecular formula is C14H23IN4S. The number of hydrogen-bond acceptors (Lipinski definition) is 3. The minimum absolute atomic E-state index is 0. The van der Waals surface area contributed by atoms with Crippen molar-refractivity contribution >= 4 is 41.3 Å². The molecule has 0 spiro atoms. The van der Waals surface area contributed by atoms with E-state index in [1.807, 2.05) is 18.6 Å². The summed E-state index contributed by atoms with van der Waals surface area (Å²) in [6.45, 7) is 3.15. The van der Waals surface area contributed by atoms with Crippen molar-refractivity contribution < 1.29 is 0 Å². The van der Waals surface area contributed by atoms with E-state index >= 15 is 0 Å². The topological polar surface area (TPSA) is 40.5 Å². The van der Waals surface area contributed by atoms with Crippen LogP contribution in [0.1, 0.15) is 30.7 Å². The Labute approximate surface area is 142 Å². The first-order valence-corrected chi connectivity index (χ1v) is 8.08. The van der Waals surface area contributed by atoms with Crippen LogP contribution in [0.5, 0.6) is 0 Å². The fourth-order valence-corrected chi connectivity index (χ4v) is 3.96. The Hall–Kier alpha value is -0.370.